The maximum absolute atomic E-state index is 7.38. The van der Waals surface area contributed by atoms with E-state index in [9.17, 15) is 0 Å². The van der Waals surface area contributed by atoms with Gasteiger partial charge in [-0.2, -0.15) is 12.6 Å². The second-order valence-corrected chi connectivity index (χ2v) is 21.4. The van der Waals surface area contributed by atoms with Crippen molar-refractivity contribution in [2.75, 3.05) is 5.75 Å². The molecule has 0 heterocycles. The van der Waals surface area contributed by atoms with Crippen LogP contribution in [0, 0.1) is 6.92 Å². The van der Waals surface area contributed by atoms with E-state index in [4.69, 9.17) is 15.7 Å². The maximum atomic E-state index is 7.38. The molecule has 0 nitrogen and oxygen atoms in total. The summed E-state index contributed by atoms with van der Waals surface area (Å²) in [6.07, 6.45) is 10.9. The van der Waals surface area contributed by atoms with Crippen LogP contribution >= 0.6 is 12.6 Å². The molecule has 2 unspecified atom stereocenters. The van der Waals surface area contributed by atoms with Crippen molar-refractivity contribution in [1.29, 1.82) is 0 Å². The first-order valence-corrected chi connectivity index (χ1v) is 26.6. The van der Waals surface area contributed by atoms with Gasteiger partial charge < -0.3 is 0 Å². The molecule has 3 heteroatoms. The quantitative estimate of drug-likeness (QED) is 0.119. The highest BCUT2D eigenvalue weighted by Crippen LogP contribution is 2.59. The van der Waals surface area contributed by atoms with Crippen molar-refractivity contribution >= 4 is 33.9 Å². The lowest BCUT2D eigenvalue weighted by atomic mass is 9.42. The van der Waals surface area contributed by atoms with Crippen LogP contribution in [0.25, 0.3) is 50.1 Å². The van der Waals surface area contributed by atoms with Crippen LogP contribution in [0.1, 0.15) is 100 Å². The smallest absolute Gasteiger partial charge is 0.0872 e. The number of fused-ring (bicyclic) bond motifs is 9. The van der Waals surface area contributed by atoms with E-state index in [0.29, 0.717) is 0 Å². The van der Waals surface area contributed by atoms with Crippen LogP contribution in [0.5, 0.6) is 0 Å². The summed E-state index contributed by atoms with van der Waals surface area (Å²) in [5, 5.41) is -1.46. The normalized spacial score (nSPS) is 17.3. The van der Waals surface area contributed by atoms with Gasteiger partial charge in [-0.05, 0) is 155 Å². The maximum Gasteiger partial charge on any atom is 0.0872 e. The Morgan fingerprint density at radius 1 is 0.507 bits per heavy atom. The van der Waals surface area contributed by atoms with Crippen molar-refractivity contribution in [3.8, 4) is 44.5 Å². The Morgan fingerprint density at radius 3 is 1.71 bits per heavy atom. The third-order valence-corrected chi connectivity index (χ3v) is 15.8. The average molecular weight is 955 g/mol. The summed E-state index contributed by atoms with van der Waals surface area (Å²) in [7, 11) is 14.3. The minimum absolute atomic E-state index is 0.494. The zero-order chi connectivity index (χ0) is 50.3. The summed E-state index contributed by atoms with van der Waals surface area (Å²) < 4.78 is 0. The molecule has 0 bridgehead atoms. The summed E-state index contributed by atoms with van der Waals surface area (Å²) in [6, 6.07) is 76.4. The zero-order valence-electron chi connectivity index (χ0n) is 42.5. The minimum atomic E-state index is -0.799. The van der Waals surface area contributed by atoms with Gasteiger partial charge in [0, 0.05) is 0 Å². The van der Waals surface area contributed by atoms with Gasteiger partial charge >= 0.3 is 0 Å². The van der Waals surface area contributed by atoms with Crippen LogP contribution in [0.2, 0.25) is 5.31 Å². The fourth-order valence-corrected chi connectivity index (χ4v) is 12.2. The molecule has 0 amide bonds. The first-order chi connectivity index (χ1) is 35.5. The van der Waals surface area contributed by atoms with Gasteiger partial charge in [-0.3, -0.25) is 0 Å². The number of hydrogen-bond acceptors (Lipinski definition) is 1. The van der Waals surface area contributed by atoms with E-state index in [-0.39, 0.29) is 0 Å². The number of rotatable bonds is 7. The van der Waals surface area contributed by atoms with Crippen LogP contribution < -0.4 is 0 Å². The lowest BCUT2D eigenvalue weighted by Gasteiger charge is -2.42. The van der Waals surface area contributed by atoms with Crippen LogP contribution in [0.15, 0.2) is 224 Å². The van der Waals surface area contributed by atoms with E-state index in [2.05, 4.69) is 244 Å². The van der Waals surface area contributed by atoms with Gasteiger partial charge in [0.2, 0.25) is 0 Å². The third-order valence-electron chi connectivity index (χ3n) is 15.8. The number of allylic oxidation sites excluding steroid dienone is 4. The molecule has 73 heavy (non-hydrogen) atoms. The molecule has 0 saturated carbocycles. The topological polar surface area (TPSA) is 0 Å². The fraction of sp³-hybridized carbons (Fsp3) is 0.171. The van der Waals surface area contributed by atoms with Gasteiger partial charge in [0.25, 0.3) is 0 Å². The molecule has 13 rings (SSSR count). The van der Waals surface area contributed by atoms with Gasteiger partial charge in [0.15, 0.2) is 0 Å². The summed E-state index contributed by atoms with van der Waals surface area (Å²) in [5.41, 5.74) is 26.4. The number of hydrogen-bond donors (Lipinski definition) is 1. The van der Waals surface area contributed by atoms with Crippen molar-refractivity contribution in [1.82, 2.24) is 0 Å². The molecule has 4 radical (unpaired) electrons. The van der Waals surface area contributed by atoms with Gasteiger partial charge in [-0.15, -0.1) is 0 Å². The van der Waals surface area contributed by atoms with Crippen molar-refractivity contribution in [2.24, 2.45) is 0 Å². The first kappa shape index (κ1) is 48.2. The molecule has 9 aromatic rings. The summed E-state index contributed by atoms with van der Waals surface area (Å²) >= 11 is 3.79. The molecular formula is C70H60B2S. The average Bonchev–Trinajstić information content (AvgIpc) is 4.05. The fourth-order valence-electron chi connectivity index (χ4n) is 12.2. The lowest BCUT2D eigenvalue weighted by molar-refractivity contribution is 0.540. The molecule has 352 valence electrons. The Morgan fingerprint density at radius 2 is 1.04 bits per heavy atom. The monoisotopic (exact) mass is 954 g/mol. The van der Waals surface area contributed by atoms with Gasteiger partial charge in [-0.1, -0.05) is 256 Å². The van der Waals surface area contributed by atoms with Crippen molar-refractivity contribution in [2.45, 2.75) is 69.4 Å². The Bertz CT molecular complexity index is 3560. The molecule has 0 aromatic heterocycles. The van der Waals surface area contributed by atoms with E-state index in [1.54, 1.807) is 0 Å². The summed E-state index contributed by atoms with van der Waals surface area (Å²) in [6.45, 7) is 8.20. The Balaban J connectivity index is 0.000000308. The highest BCUT2D eigenvalue weighted by atomic mass is 32.1. The number of aryl methyl sites for hydroxylation is 1. The molecule has 0 fully saturated rings. The number of benzene rings is 9. The van der Waals surface area contributed by atoms with Crippen molar-refractivity contribution < 1.29 is 0 Å². The van der Waals surface area contributed by atoms with E-state index in [1.165, 1.54) is 119 Å². The molecule has 0 N–H and O–H groups in total. The van der Waals surface area contributed by atoms with E-state index in [0.717, 1.165) is 29.7 Å². The van der Waals surface area contributed by atoms with Crippen molar-refractivity contribution in [3.63, 3.8) is 0 Å². The molecule has 4 aliphatic rings. The predicted octanol–water partition coefficient (Wildman–Crippen LogP) is 17.3. The van der Waals surface area contributed by atoms with Crippen LogP contribution in [-0.2, 0) is 23.6 Å². The largest absolute Gasteiger partial charge is 0.180 e. The standard InChI is InChI=1S/C55H40B2.C13H14.C2H6S/c1-53(2,56)55(57)50-22-11-9-18-45(50)47-30-24-36(33-52(47)55)31-35-23-29-46-44-17-8-10-21-49(44)54(51(46)32-35,39-14-4-3-5-15-39)40-27-25-37(26-28-40)41-19-12-20-43-42-16-7-6-13-38(42)34-48(41)43;1-11-7-9-13(10-8-11)12-5-3-2-4-6-12;1-2-3/h3-30,32-33H,31,34H2,1-2H3;3,5-10H,2,4H2,1H3;3H,2H2,1H3. The molecule has 2 atom stereocenters. The number of thiol groups is 1. The third kappa shape index (κ3) is 8.41. The highest BCUT2D eigenvalue weighted by Gasteiger charge is 2.47. The molecule has 9 aromatic carbocycles. The highest BCUT2D eigenvalue weighted by molar-refractivity contribution is 7.80. The van der Waals surface area contributed by atoms with Crippen LogP contribution in [-0.4, -0.2) is 21.4 Å². The Labute approximate surface area is 442 Å². The SMILES string of the molecule is CCS.Cc1ccc(C2=CCCC=C2)cc1.[B]C(C)(C)C1([B])c2ccccc2-c2ccc(Cc3ccc4c(c3)C(c3ccccc3)(c3ccc(-c5cccc6c5Cc5ccccc5-6)cc3)c3ccccc3-4)cc21. The van der Waals surface area contributed by atoms with Gasteiger partial charge in [-0.25, -0.2) is 0 Å². The Hall–Kier alpha value is -7.06. The molecule has 4 aliphatic carbocycles. The van der Waals surface area contributed by atoms with Crippen molar-refractivity contribution in [3.05, 3.63) is 291 Å². The van der Waals surface area contributed by atoms with E-state index < -0.39 is 16.0 Å². The molecular weight excluding hydrogens is 894 g/mol. The second-order valence-electron chi connectivity index (χ2n) is 20.7. The van der Waals surface area contributed by atoms with Crippen LogP contribution in [0.3, 0.4) is 0 Å². The Kier molecular flexibility index (Phi) is 13.0. The predicted molar refractivity (Wildman–Crippen MR) is 315 cm³/mol. The summed E-state index contributed by atoms with van der Waals surface area (Å²) in [5.74, 6) is 0.944. The second kappa shape index (κ2) is 19.8. The first-order valence-electron chi connectivity index (χ1n) is 26.0. The van der Waals surface area contributed by atoms with E-state index in [1.807, 2.05) is 20.8 Å². The van der Waals surface area contributed by atoms with Crippen LogP contribution in [0.4, 0.5) is 0 Å². The minimum Gasteiger partial charge on any atom is -0.180 e. The molecule has 0 aliphatic heterocycles. The molecule has 0 saturated heterocycles. The zero-order valence-corrected chi connectivity index (χ0v) is 43.4. The van der Waals surface area contributed by atoms with Gasteiger partial charge in [0.1, 0.15) is 0 Å². The molecule has 0 spiro atoms. The van der Waals surface area contributed by atoms with E-state index >= 15 is 0 Å². The summed E-state index contributed by atoms with van der Waals surface area (Å²) in [4.78, 5) is 0. The lowest BCUT2D eigenvalue weighted by Crippen LogP contribution is -2.37. The van der Waals surface area contributed by atoms with Gasteiger partial charge in [0.05, 0.1) is 21.1 Å².